The Morgan fingerprint density at radius 2 is 2.31 bits per heavy atom. The summed E-state index contributed by atoms with van der Waals surface area (Å²) < 4.78 is 0. The van der Waals surface area contributed by atoms with Crippen LogP contribution in [0.4, 0.5) is 0 Å². The van der Waals surface area contributed by atoms with E-state index in [-0.39, 0.29) is 11.8 Å². The monoisotopic (exact) mass is 178 g/mol. The van der Waals surface area contributed by atoms with Gasteiger partial charge in [0.15, 0.2) is 0 Å². The van der Waals surface area contributed by atoms with Crippen molar-refractivity contribution < 1.29 is 5.11 Å². The number of pyridine rings is 1. The van der Waals surface area contributed by atoms with E-state index in [9.17, 15) is 0 Å². The predicted molar refractivity (Wildman–Crippen MR) is 50.2 cm³/mol. The van der Waals surface area contributed by atoms with E-state index in [2.05, 4.69) is 4.98 Å². The number of rotatable bonds is 3. The fourth-order valence-electron chi connectivity index (χ4n) is 1.45. The van der Waals surface area contributed by atoms with E-state index >= 15 is 0 Å². The molecule has 0 saturated heterocycles. The second kappa shape index (κ2) is 3.34. The van der Waals surface area contributed by atoms with E-state index in [1.54, 1.807) is 12.1 Å². The average Bonchev–Trinajstić information content (AvgIpc) is 2.89. The zero-order valence-electron chi connectivity index (χ0n) is 7.48. The van der Waals surface area contributed by atoms with Crippen LogP contribution in [0.5, 0.6) is 5.75 Å². The predicted octanol–water partition coefficient (Wildman–Crippen LogP) is 1.59. The van der Waals surface area contributed by atoms with E-state index < -0.39 is 0 Å². The van der Waals surface area contributed by atoms with Crippen LogP contribution in [-0.2, 0) is 0 Å². The summed E-state index contributed by atoms with van der Waals surface area (Å²) >= 11 is 0. The number of aromatic hydroxyl groups is 1. The number of nitrogens with two attached hydrogens (primary N) is 1. The molecule has 70 valence electrons. The molecule has 0 aliphatic heterocycles. The minimum absolute atomic E-state index is 0.0353. The number of nitrogens with zero attached hydrogens (tertiary/aromatic N) is 1. The highest BCUT2D eigenvalue weighted by Gasteiger charge is 2.24. The Bertz CT molecular complexity index is 279. The van der Waals surface area contributed by atoms with Gasteiger partial charge in [0.2, 0.25) is 0 Å². The lowest BCUT2D eigenvalue weighted by Crippen LogP contribution is -2.12. The normalized spacial score (nSPS) is 18.5. The van der Waals surface area contributed by atoms with Crippen molar-refractivity contribution in [3.05, 3.63) is 24.0 Å². The lowest BCUT2D eigenvalue weighted by molar-refractivity contribution is 0.470. The second-order valence-corrected chi connectivity index (χ2v) is 3.73. The SMILES string of the molecule is N[C@@H](CC1CC1)c1ccc(O)cn1. The summed E-state index contributed by atoms with van der Waals surface area (Å²) in [5.41, 5.74) is 6.82. The molecule has 3 nitrogen and oxygen atoms in total. The maximum absolute atomic E-state index is 9.03. The molecule has 1 aliphatic rings. The largest absolute Gasteiger partial charge is 0.506 e. The Hall–Kier alpha value is -1.09. The van der Waals surface area contributed by atoms with Crippen LogP contribution < -0.4 is 5.73 Å². The molecular weight excluding hydrogens is 164 g/mol. The van der Waals surface area contributed by atoms with Gasteiger partial charge in [-0.25, -0.2) is 0 Å². The summed E-state index contributed by atoms with van der Waals surface area (Å²) in [5.74, 6) is 1.01. The molecule has 0 amide bonds. The van der Waals surface area contributed by atoms with Crippen LogP contribution in [0, 0.1) is 5.92 Å². The maximum atomic E-state index is 9.03. The van der Waals surface area contributed by atoms with Gasteiger partial charge < -0.3 is 10.8 Å². The summed E-state index contributed by atoms with van der Waals surface area (Å²) in [6, 6.07) is 3.46. The molecule has 0 bridgehead atoms. The first-order chi connectivity index (χ1) is 6.25. The summed E-state index contributed by atoms with van der Waals surface area (Å²) in [7, 11) is 0. The third-order valence-electron chi connectivity index (χ3n) is 2.43. The quantitative estimate of drug-likeness (QED) is 0.738. The van der Waals surface area contributed by atoms with Crippen molar-refractivity contribution in [2.45, 2.75) is 25.3 Å². The first-order valence-electron chi connectivity index (χ1n) is 4.66. The molecule has 1 aromatic rings. The molecule has 0 radical (unpaired) electrons. The Morgan fingerprint density at radius 3 is 2.85 bits per heavy atom. The summed E-state index contributed by atoms with van der Waals surface area (Å²) in [4.78, 5) is 4.08. The van der Waals surface area contributed by atoms with Gasteiger partial charge in [0.05, 0.1) is 11.9 Å². The summed E-state index contributed by atoms with van der Waals surface area (Å²) in [6.45, 7) is 0. The molecule has 0 unspecified atom stereocenters. The zero-order valence-corrected chi connectivity index (χ0v) is 7.48. The fraction of sp³-hybridized carbons (Fsp3) is 0.500. The first kappa shape index (κ1) is 8.51. The smallest absolute Gasteiger partial charge is 0.133 e. The van der Waals surface area contributed by atoms with Crippen molar-refractivity contribution in [3.63, 3.8) is 0 Å². The molecule has 3 heteroatoms. The van der Waals surface area contributed by atoms with Gasteiger partial charge in [-0.15, -0.1) is 0 Å². The molecule has 1 saturated carbocycles. The Labute approximate surface area is 77.6 Å². The highest BCUT2D eigenvalue weighted by Crippen LogP contribution is 2.36. The van der Waals surface area contributed by atoms with Gasteiger partial charge in [-0.2, -0.15) is 0 Å². The van der Waals surface area contributed by atoms with Crippen molar-refractivity contribution in [2.24, 2.45) is 11.7 Å². The maximum Gasteiger partial charge on any atom is 0.133 e. The van der Waals surface area contributed by atoms with Crippen molar-refractivity contribution in [3.8, 4) is 5.75 Å². The molecule has 2 rings (SSSR count). The molecule has 0 spiro atoms. The third-order valence-corrected chi connectivity index (χ3v) is 2.43. The standard InChI is InChI=1S/C10H14N2O/c11-9(5-7-1-2-7)10-4-3-8(13)6-12-10/h3-4,6-7,9,13H,1-2,5,11H2/t9-/m0/s1. The van der Waals surface area contributed by atoms with E-state index in [4.69, 9.17) is 10.8 Å². The van der Waals surface area contributed by atoms with Crippen molar-refractivity contribution in [1.82, 2.24) is 4.98 Å². The van der Waals surface area contributed by atoms with Gasteiger partial charge in [0.25, 0.3) is 0 Å². The van der Waals surface area contributed by atoms with Gasteiger partial charge in [-0.3, -0.25) is 4.98 Å². The van der Waals surface area contributed by atoms with Crippen LogP contribution >= 0.6 is 0 Å². The van der Waals surface area contributed by atoms with E-state index in [0.717, 1.165) is 18.0 Å². The van der Waals surface area contributed by atoms with E-state index in [0.29, 0.717) is 0 Å². The van der Waals surface area contributed by atoms with E-state index in [1.807, 2.05) is 0 Å². The molecule has 1 aliphatic carbocycles. The first-order valence-corrected chi connectivity index (χ1v) is 4.66. The molecule has 13 heavy (non-hydrogen) atoms. The molecule has 1 aromatic heterocycles. The minimum atomic E-state index is 0.0353. The molecule has 1 atom stereocenters. The lowest BCUT2D eigenvalue weighted by atomic mass is 10.1. The van der Waals surface area contributed by atoms with Gasteiger partial charge in [-0.05, 0) is 24.5 Å². The molecule has 0 aromatic carbocycles. The van der Waals surface area contributed by atoms with Crippen LogP contribution in [0.25, 0.3) is 0 Å². The van der Waals surface area contributed by atoms with Crippen LogP contribution in [0.3, 0.4) is 0 Å². The molecule has 3 N–H and O–H groups in total. The van der Waals surface area contributed by atoms with Crippen LogP contribution in [0.2, 0.25) is 0 Å². The Kier molecular flexibility index (Phi) is 2.19. The topological polar surface area (TPSA) is 59.1 Å². The van der Waals surface area contributed by atoms with Gasteiger partial charge in [0.1, 0.15) is 5.75 Å². The van der Waals surface area contributed by atoms with Crippen LogP contribution in [0.15, 0.2) is 18.3 Å². The lowest BCUT2D eigenvalue weighted by Gasteiger charge is -2.09. The van der Waals surface area contributed by atoms with Gasteiger partial charge in [-0.1, -0.05) is 12.8 Å². The third kappa shape index (κ3) is 2.18. The highest BCUT2D eigenvalue weighted by atomic mass is 16.3. The average molecular weight is 178 g/mol. The summed E-state index contributed by atoms with van der Waals surface area (Å²) in [6.07, 6.45) is 5.09. The van der Waals surface area contributed by atoms with Crippen LogP contribution in [-0.4, -0.2) is 10.1 Å². The van der Waals surface area contributed by atoms with Gasteiger partial charge in [0, 0.05) is 6.04 Å². The molecular formula is C10H14N2O. The van der Waals surface area contributed by atoms with Crippen molar-refractivity contribution >= 4 is 0 Å². The number of aromatic nitrogens is 1. The number of hydrogen-bond donors (Lipinski definition) is 2. The molecule has 1 heterocycles. The van der Waals surface area contributed by atoms with E-state index in [1.165, 1.54) is 19.0 Å². The minimum Gasteiger partial charge on any atom is -0.506 e. The highest BCUT2D eigenvalue weighted by molar-refractivity contribution is 5.19. The van der Waals surface area contributed by atoms with Gasteiger partial charge >= 0.3 is 0 Å². The Balaban J connectivity index is 2.01. The number of hydrogen-bond acceptors (Lipinski definition) is 3. The van der Waals surface area contributed by atoms with Crippen molar-refractivity contribution in [2.75, 3.05) is 0 Å². The fourth-order valence-corrected chi connectivity index (χ4v) is 1.45. The zero-order chi connectivity index (χ0) is 9.26. The van der Waals surface area contributed by atoms with Crippen LogP contribution in [0.1, 0.15) is 31.0 Å². The Morgan fingerprint density at radius 1 is 1.54 bits per heavy atom. The summed E-state index contributed by atoms with van der Waals surface area (Å²) in [5, 5.41) is 9.03. The second-order valence-electron chi connectivity index (χ2n) is 3.73. The van der Waals surface area contributed by atoms with Crippen molar-refractivity contribution in [1.29, 1.82) is 0 Å². The molecule has 1 fully saturated rings.